The van der Waals surface area contributed by atoms with Gasteiger partial charge < -0.3 is 0 Å². The van der Waals surface area contributed by atoms with E-state index < -0.39 is 0 Å². The summed E-state index contributed by atoms with van der Waals surface area (Å²) in [6.07, 6.45) is 10.5. The summed E-state index contributed by atoms with van der Waals surface area (Å²) in [4.78, 5) is 0. The van der Waals surface area contributed by atoms with Gasteiger partial charge in [-0.15, -0.1) is 0 Å². The molecule has 0 spiro atoms. The Hall–Kier alpha value is 0.0900. The maximum atomic E-state index is 4.17. The lowest BCUT2D eigenvalue weighted by atomic mass is 9.94. The lowest BCUT2D eigenvalue weighted by Crippen LogP contribution is -1.93. The van der Waals surface area contributed by atoms with E-state index in [-0.39, 0.29) is 0 Å². The van der Waals surface area contributed by atoms with Crippen LogP contribution in [0.5, 0.6) is 0 Å². The van der Waals surface area contributed by atoms with Crippen molar-refractivity contribution in [1.29, 1.82) is 0 Å². The van der Waals surface area contributed by atoms with E-state index in [1.165, 1.54) is 38.5 Å². The van der Waals surface area contributed by atoms with Crippen molar-refractivity contribution in [2.45, 2.75) is 38.5 Å². The van der Waals surface area contributed by atoms with Gasteiger partial charge in [0.2, 0.25) is 0 Å². The average Bonchev–Trinajstić information content (AvgIpc) is 1.84. The largest absolute Gasteiger partial charge is 0.179 e. The monoisotopic (exact) mass is 156 g/mol. The molecule has 1 aliphatic carbocycles. The number of hydrogen-bond acceptors (Lipinski definition) is 1. The quantitative estimate of drug-likeness (QED) is 0.353. The van der Waals surface area contributed by atoms with Gasteiger partial charge in [0.05, 0.1) is 0 Å². The molecule has 0 saturated carbocycles. The molecule has 0 aliphatic heterocycles. The first-order chi connectivity index (χ1) is 4.93. The van der Waals surface area contributed by atoms with Gasteiger partial charge in [-0.1, -0.05) is 18.1 Å². The standard InChI is InChI=1S/C9H16S/c10-8-3-1-2-5-9-6-4-7-9/h6,10H,1-5,7-8H2. The second-order valence-electron chi connectivity index (χ2n) is 2.94. The van der Waals surface area contributed by atoms with Gasteiger partial charge in [-0.2, -0.15) is 12.6 Å². The molecule has 0 unspecified atom stereocenters. The van der Waals surface area contributed by atoms with Crippen LogP contribution in [0.2, 0.25) is 0 Å². The lowest BCUT2D eigenvalue weighted by Gasteiger charge is -2.13. The average molecular weight is 156 g/mol. The molecule has 0 amide bonds. The minimum absolute atomic E-state index is 1.05. The molecule has 0 radical (unpaired) electrons. The van der Waals surface area contributed by atoms with Gasteiger partial charge >= 0.3 is 0 Å². The zero-order valence-electron chi connectivity index (χ0n) is 6.47. The molecule has 0 bridgehead atoms. The third kappa shape index (κ3) is 2.78. The zero-order valence-corrected chi connectivity index (χ0v) is 7.37. The third-order valence-electron chi connectivity index (χ3n) is 2.05. The normalized spacial score (nSPS) is 16.3. The first kappa shape index (κ1) is 8.19. The van der Waals surface area contributed by atoms with Crippen LogP contribution in [0.1, 0.15) is 38.5 Å². The van der Waals surface area contributed by atoms with Crippen LogP contribution in [-0.2, 0) is 0 Å². The first-order valence-corrected chi connectivity index (χ1v) is 4.85. The van der Waals surface area contributed by atoms with Crippen molar-refractivity contribution in [2.75, 3.05) is 5.75 Å². The Bertz CT molecular complexity index is 116. The summed E-state index contributed by atoms with van der Waals surface area (Å²) in [6, 6.07) is 0. The first-order valence-electron chi connectivity index (χ1n) is 4.22. The van der Waals surface area contributed by atoms with Gasteiger partial charge in [-0.25, -0.2) is 0 Å². The SMILES string of the molecule is SCCCCCC1=CCC1. The summed E-state index contributed by atoms with van der Waals surface area (Å²) >= 11 is 4.17. The smallest absolute Gasteiger partial charge is 0.00979 e. The molecule has 1 heteroatoms. The molecule has 0 atom stereocenters. The number of allylic oxidation sites excluding steroid dienone is 2. The highest BCUT2D eigenvalue weighted by Gasteiger charge is 2.03. The van der Waals surface area contributed by atoms with Gasteiger partial charge in [-0.3, -0.25) is 0 Å². The second-order valence-corrected chi connectivity index (χ2v) is 3.38. The molecule has 10 heavy (non-hydrogen) atoms. The van der Waals surface area contributed by atoms with E-state index in [1.807, 2.05) is 0 Å². The van der Waals surface area contributed by atoms with Crippen LogP contribution in [0.15, 0.2) is 11.6 Å². The molecular weight excluding hydrogens is 140 g/mol. The molecule has 0 heterocycles. The van der Waals surface area contributed by atoms with Crippen molar-refractivity contribution in [2.24, 2.45) is 0 Å². The van der Waals surface area contributed by atoms with Crippen LogP contribution >= 0.6 is 12.6 Å². The van der Waals surface area contributed by atoms with Crippen LogP contribution in [0, 0.1) is 0 Å². The number of rotatable bonds is 5. The molecule has 0 nitrogen and oxygen atoms in total. The summed E-state index contributed by atoms with van der Waals surface area (Å²) in [5.74, 6) is 1.05. The lowest BCUT2D eigenvalue weighted by molar-refractivity contribution is 0.677. The van der Waals surface area contributed by atoms with Crippen molar-refractivity contribution in [3.8, 4) is 0 Å². The molecule has 0 aromatic rings. The highest BCUT2D eigenvalue weighted by Crippen LogP contribution is 2.23. The summed E-state index contributed by atoms with van der Waals surface area (Å²) in [5.41, 5.74) is 1.69. The Morgan fingerprint density at radius 1 is 1.30 bits per heavy atom. The van der Waals surface area contributed by atoms with Crippen molar-refractivity contribution in [3.05, 3.63) is 11.6 Å². The van der Waals surface area contributed by atoms with Gasteiger partial charge in [0.25, 0.3) is 0 Å². The summed E-state index contributed by atoms with van der Waals surface area (Å²) < 4.78 is 0. The van der Waals surface area contributed by atoms with Gasteiger partial charge in [-0.05, 0) is 37.9 Å². The number of thiol groups is 1. The Kier molecular flexibility index (Phi) is 3.96. The van der Waals surface area contributed by atoms with Gasteiger partial charge in [0, 0.05) is 0 Å². The minimum Gasteiger partial charge on any atom is -0.179 e. The van der Waals surface area contributed by atoms with Crippen molar-refractivity contribution in [3.63, 3.8) is 0 Å². The van der Waals surface area contributed by atoms with E-state index in [1.54, 1.807) is 5.57 Å². The van der Waals surface area contributed by atoms with Crippen molar-refractivity contribution >= 4 is 12.6 Å². The van der Waals surface area contributed by atoms with E-state index >= 15 is 0 Å². The summed E-state index contributed by atoms with van der Waals surface area (Å²) in [6.45, 7) is 0. The van der Waals surface area contributed by atoms with E-state index in [9.17, 15) is 0 Å². The number of unbranched alkanes of at least 4 members (excludes halogenated alkanes) is 2. The van der Waals surface area contributed by atoms with Crippen LogP contribution in [0.3, 0.4) is 0 Å². The molecular formula is C9H16S. The van der Waals surface area contributed by atoms with Gasteiger partial charge in [0.15, 0.2) is 0 Å². The maximum absolute atomic E-state index is 4.17. The molecule has 1 rings (SSSR count). The number of hydrogen-bond donors (Lipinski definition) is 1. The molecule has 58 valence electrons. The zero-order chi connectivity index (χ0) is 7.23. The van der Waals surface area contributed by atoms with E-state index in [4.69, 9.17) is 0 Å². The molecule has 0 N–H and O–H groups in total. The van der Waals surface area contributed by atoms with Crippen LogP contribution in [0.4, 0.5) is 0 Å². The van der Waals surface area contributed by atoms with E-state index in [0.717, 1.165) is 5.75 Å². The summed E-state index contributed by atoms with van der Waals surface area (Å²) in [5, 5.41) is 0. The van der Waals surface area contributed by atoms with Crippen molar-refractivity contribution < 1.29 is 0 Å². The Morgan fingerprint density at radius 3 is 2.60 bits per heavy atom. The van der Waals surface area contributed by atoms with E-state index in [2.05, 4.69) is 18.7 Å². The van der Waals surface area contributed by atoms with Crippen LogP contribution in [0.25, 0.3) is 0 Å². The fourth-order valence-electron chi connectivity index (χ4n) is 1.22. The highest BCUT2D eigenvalue weighted by atomic mass is 32.1. The summed E-state index contributed by atoms with van der Waals surface area (Å²) in [7, 11) is 0. The third-order valence-corrected chi connectivity index (χ3v) is 2.37. The Labute approximate surface area is 69.1 Å². The maximum Gasteiger partial charge on any atom is -0.00979 e. The fraction of sp³-hybridized carbons (Fsp3) is 0.778. The van der Waals surface area contributed by atoms with Crippen LogP contribution in [-0.4, -0.2) is 5.75 Å². The Balaban J connectivity index is 1.85. The molecule has 0 fully saturated rings. The fourth-order valence-corrected chi connectivity index (χ4v) is 1.44. The minimum atomic E-state index is 1.05. The van der Waals surface area contributed by atoms with Gasteiger partial charge in [0.1, 0.15) is 0 Å². The molecule has 1 aliphatic rings. The van der Waals surface area contributed by atoms with Crippen LogP contribution < -0.4 is 0 Å². The predicted molar refractivity (Wildman–Crippen MR) is 49.6 cm³/mol. The molecule has 0 aromatic carbocycles. The Morgan fingerprint density at radius 2 is 2.10 bits per heavy atom. The predicted octanol–water partition coefficient (Wildman–Crippen LogP) is 3.20. The molecule has 0 saturated heterocycles. The second kappa shape index (κ2) is 4.84. The van der Waals surface area contributed by atoms with E-state index in [0.29, 0.717) is 0 Å². The molecule has 0 aromatic heterocycles. The van der Waals surface area contributed by atoms with Crippen molar-refractivity contribution in [1.82, 2.24) is 0 Å². The topological polar surface area (TPSA) is 0 Å². The highest BCUT2D eigenvalue weighted by molar-refractivity contribution is 7.80.